The highest BCUT2D eigenvalue weighted by Crippen LogP contribution is 2.39. The highest BCUT2D eigenvalue weighted by Gasteiger charge is 2.29. The van der Waals surface area contributed by atoms with E-state index in [2.05, 4.69) is 16.5 Å². The number of carbonyl (C=O) groups is 1. The molecule has 4 nitrogen and oxygen atoms in total. The first-order valence-corrected chi connectivity index (χ1v) is 8.49. The number of ether oxygens (including phenoxy) is 1. The van der Waals surface area contributed by atoms with Crippen molar-refractivity contribution in [1.29, 1.82) is 0 Å². The fourth-order valence-corrected chi connectivity index (χ4v) is 4.57. The number of aromatic nitrogens is 2. The highest BCUT2D eigenvalue weighted by atomic mass is 32.2. The Morgan fingerprint density at radius 3 is 3.30 bits per heavy atom. The third-order valence-corrected chi connectivity index (χ3v) is 5.50. The first-order chi connectivity index (χ1) is 9.74. The number of hydrogen-bond acceptors (Lipinski definition) is 5. The SMILES string of the molecule is Cn1cc(CCOC(=O)C2SCCc3sccc32)cn1. The molecular weight excluding hydrogens is 292 g/mol. The zero-order valence-corrected chi connectivity index (χ0v) is 12.9. The fourth-order valence-electron chi connectivity index (χ4n) is 2.29. The minimum atomic E-state index is -0.140. The molecule has 0 aromatic carbocycles. The van der Waals surface area contributed by atoms with E-state index in [9.17, 15) is 4.79 Å². The molecule has 0 aliphatic carbocycles. The minimum Gasteiger partial charge on any atom is -0.464 e. The van der Waals surface area contributed by atoms with Gasteiger partial charge in [-0.15, -0.1) is 23.1 Å². The van der Waals surface area contributed by atoms with Crippen molar-refractivity contribution in [3.8, 4) is 0 Å². The topological polar surface area (TPSA) is 44.1 Å². The molecule has 0 spiro atoms. The summed E-state index contributed by atoms with van der Waals surface area (Å²) >= 11 is 3.42. The van der Waals surface area contributed by atoms with E-state index >= 15 is 0 Å². The van der Waals surface area contributed by atoms with Crippen molar-refractivity contribution < 1.29 is 9.53 Å². The van der Waals surface area contributed by atoms with Crippen molar-refractivity contribution in [2.45, 2.75) is 18.1 Å². The van der Waals surface area contributed by atoms with Crippen LogP contribution in [0, 0.1) is 0 Å². The van der Waals surface area contributed by atoms with Crippen LogP contribution in [0.3, 0.4) is 0 Å². The number of hydrogen-bond donors (Lipinski definition) is 0. The van der Waals surface area contributed by atoms with E-state index in [0.717, 1.165) is 23.3 Å². The smallest absolute Gasteiger partial charge is 0.323 e. The summed E-state index contributed by atoms with van der Waals surface area (Å²) < 4.78 is 7.18. The van der Waals surface area contributed by atoms with Crippen LogP contribution in [0.4, 0.5) is 0 Å². The zero-order valence-electron chi connectivity index (χ0n) is 11.2. The normalized spacial score (nSPS) is 17.8. The van der Waals surface area contributed by atoms with Crippen molar-refractivity contribution in [2.75, 3.05) is 12.4 Å². The number of fused-ring (bicyclic) bond motifs is 1. The summed E-state index contributed by atoms with van der Waals surface area (Å²) in [4.78, 5) is 13.5. The van der Waals surface area contributed by atoms with Crippen LogP contribution in [0.15, 0.2) is 23.8 Å². The maximum atomic E-state index is 12.2. The van der Waals surface area contributed by atoms with E-state index < -0.39 is 0 Å². The lowest BCUT2D eigenvalue weighted by atomic mass is 10.1. The van der Waals surface area contributed by atoms with Crippen LogP contribution in [0.2, 0.25) is 0 Å². The van der Waals surface area contributed by atoms with Crippen LogP contribution in [0.25, 0.3) is 0 Å². The molecule has 1 unspecified atom stereocenters. The summed E-state index contributed by atoms with van der Waals surface area (Å²) in [5.74, 6) is 0.883. The molecule has 1 aliphatic heterocycles. The monoisotopic (exact) mass is 308 g/mol. The summed E-state index contributed by atoms with van der Waals surface area (Å²) in [6, 6.07) is 2.05. The van der Waals surface area contributed by atoms with E-state index in [1.54, 1.807) is 34.0 Å². The second kappa shape index (κ2) is 6.01. The van der Waals surface area contributed by atoms with E-state index in [4.69, 9.17) is 4.74 Å². The molecule has 0 radical (unpaired) electrons. The molecule has 1 aliphatic rings. The molecule has 3 rings (SSSR count). The summed E-state index contributed by atoms with van der Waals surface area (Å²) in [5, 5.41) is 6.02. The standard InChI is InChI=1S/C14H16N2O2S2/c1-16-9-10(8-15-16)2-5-18-14(17)13-11-3-6-19-12(11)4-7-20-13/h3,6,8-9,13H,2,4-5,7H2,1H3. The Balaban J connectivity index is 1.55. The van der Waals surface area contributed by atoms with Crippen molar-refractivity contribution in [3.63, 3.8) is 0 Å². The number of nitrogens with zero attached hydrogens (tertiary/aromatic N) is 2. The maximum absolute atomic E-state index is 12.2. The lowest BCUT2D eigenvalue weighted by Crippen LogP contribution is -2.18. The van der Waals surface area contributed by atoms with Gasteiger partial charge in [0.1, 0.15) is 5.25 Å². The molecule has 0 fully saturated rings. The summed E-state index contributed by atoms with van der Waals surface area (Å²) in [6.07, 6.45) is 5.53. The lowest BCUT2D eigenvalue weighted by Gasteiger charge is -2.20. The predicted octanol–water partition coefficient (Wildman–Crippen LogP) is 2.60. The van der Waals surface area contributed by atoms with Gasteiger partial charge in [0.05, 0.1) is 12.8 Å². The fraction of sp³-hybridized carbons (Fsp3) is 0.429. The van der Waals surface area contributed by atoms with Gasteiger partial charge >= 0.3 is 5.97 Å². The van der Waals surface area contributed by atoms with Gasteiger partial charge in [0.25, 0.3) is 0 Å². The van der Waals surface area contributed by atoms with Gasteiger partial charge in [-0.1, -0.05) is 0 Å². The number of rotatable bonds is 4. The van der Waals surface area contributed by atoms with E-state index in [1.807, 2.05) is 13.2 Å². The van der Waals surface area contributed by atoms with Crippen LogP contribution in [0.5, 0.6) is 0 Å². The molecule has 2 aromatic rings. The average Bonchev–Trinajstić information content (AvgIpc) is 3.06. The Labute approximate surface area is 126 Å². The summed E-state index contributed by atoms with van der Waals surface area (Å²) in [6.45, 7) is 0.418. The number of esters is 1. The van der Waals surface area contributed by atoms with Crippen molar-refractivity contribution in [3.05, 3.63) is 39.8 Å². The summed E-state index contributed by atoms with van der Waals surface area (Å²) in [7, 11) is 1.88. The molecule has 2 aromatic heterocycles. The van der Waals surface area contributed by atoms with E-state index in [0.29, 0.717) is 13.0 Å². The van der Waals surface area contributed by atoms with Crippen LogP contribution >= 0.6 is 23.1 Å². The number of thioether (sulfide) groups is 1. The van der Waals surface area contributed by atoms with Gasteiger partial charge in [0.15, 0.2) is 0 Å². The molecular formula is C14H16N2O2S2. The maximum Gasteiger partial charge on any atom is 0.323 e. The minimum absolute atomic E-state index is 0.113. The molecule has 0 amide bonds. The molecule has 0 bridgehead atoms. The average molecular weight is 308 g/mol. The molecule has 3 heterocycles. The lowest BCUT2D eigenvalue weighted by molar-refractivity contribution is -0.143. The van der Waals surface area contributed by atoms with Crippen LogP contribution in [-0.4, -0.2) is 28.1 Å². The van der Waals surface area contributed by atoms with Gasteiger partial charge < -0.3 is 4.74 Å². The molecule has 0 N–H and O–H groups in total. The number of carbonyl (C=O) groups excluding carboxylic acids is 1. The number of aryl methyl sites for hydroxylation is 2. The first kappa shape index (κ1) is 13.7. The molecule has 0 saturated carbocycles. The Bertz CT molecular complexity index is 606. The summed E-state index contributed by atoms with van der Waals surface area (Å²) in [5.41, 5.74) is 2.24. The molecule has 6 heteroatoms. The molecule has 106 valence electrons. The Morgan fingerprint density at radius 2 is 2.50 bits per heavy atom. The molecule has 0 saturated heterocycles. The molecule has 1 atom stereocenters. The van der Waals surface area contributed by atoms with Crippen LogP contribution in [-0.2, 0) is 29.4 Å². The third-order valence-electron chi connectivity index (χ3n) is 3.28. The predicted molar refractivity (Wildman–Crippen MR) is 81.1 cm³/mol. The Hall–Kier alpha value is -1.27. The van der Waals surface area contributed by atoms with Crippen LogP contribution < -0.4 is 0 Å². The van der Waals surface area contributed by atoms with Gasteiger partial charge in [-0.25, -0.2) is 0 Å². The van der Waals surface area contributed by atoms with E-state index in [1.165, 1.54) is 4.88 Å². The second-order valence-corrected chi connectivity index (χ2v) is 6.95. The third kappa shape index (κ3) is 2.91. The highest BCUT2D eigenvalue weighted by molar-refractivity contribution is 8.00. The Morgan fingerprint density at radius 1 is 1.60 bits per heavy atom. The van der Waals surface area contributed by atoms with Gasteiger partial charge in [0.2, 0.25) is 0 Å². The van der Waals surface area contributed by atoms with Gasteiger partial charge in [-0.2, -0.15) is 5.10 Å². The quantitative estimate of drug-likeness (QED) is 0.814. The van der Waals surface area contributed by atoms with E-state index in [-0.39, 0.29) is 11.2 Å². The van der Waals surface area contributed by atoms with Gasteiger partial charge in [-0.05, 0) is 34.7 Å². The zero-order chi connectivity index (χ0) is 13.9. The van der Waals surface area contributed by atoms with Gasteiger partial charge in [0, 0.05) is 24.5 Å². The van der Waals surface area contributed by atoms with Crippen molar-refractivity contribution in [2.24, 2.45) is 7.05 Å². The second-order valence-electron chi connectivity index (χ2n) is 4.74. The van der Waals surface area contributed by atoms with Crippen molar-refractivity contribution in [1.82, 2.24) is 9.78 Å². The number of thiophene rings is 1. The van der Waals surface area contributed by atoms with Gasteiger partial charge in [-0.3, -0.25) is 9.48 Å². The first-order valence-electron chi connectivity index (χ1n) is 6.56. The molecule has 20 heavy (non-hydrogen) atoms. The van der Waals surface area contributed by atoms with Crippen LogP contribution in [0.1, 0.15) is 21.3 Å². The largest absolute Gasteiger partial charge is 0.464 e. The van der Waals surface area contributed by atoms with Crippen molar-refractivity contribution >= 4 is 29.1 Å². The Kier molecular flexibility index (Phi) is 4.12.